The summed E-state index contributed by atoms with van der Waals surface area (Å²) in [6, 6.07) is 0. The van der Waals surface area contributed by atoms with E-state index in [9.17, 15) is 49.5 Å². The quantitative estimate of drug-likeness (QED) is 0.253. The Morgan fingerprint density at radius 3 is 2.30 bits per heavy atom. The van der Waals surface area contributed by atoms with E-state index in [1.807, 2.05) is 0 Å². The molecule has 4 aliphatic carbocycles. The van der Waals surface area contributed by atoms with E-state index < -0.39 is 45.5 Å². The average Bonchev–Trinajstić information content (AvgIpc) is 3.15. The van der Waals surface area contributed by atoms with E-state index >= 15 is 0 Å². The molecule has 8 atom stereocenters. The molecule has 40 heavy (non-hydrogen) atoms. The molecule has 4 fully saturated rings. The van der Waals surface area contributed by atoms with Gasteiger partial charge in [0, 0.05) is 43.4 Å². The molecule has 0 saturated heterocycles. The van der Waals surface area contributed by atoms with Gasteiger partial charge in [-0.05, 0) is 61.2 Å². The van der Waals surface area contributed by atoms with Crippen LogP contribution >= 0.6 is 0 Å². The lowest BCUT2D eigenvalue weighted by molar-refractivity contribution is -0.259. The van der Waals surface area contributed by atoms with Crippen molar-refractivity contribution in [3.63, 3.8) is 0 Å². The number of alkyl halides is 5. The van der Waals surface area contributed by atoms with Gasteiger partial charge < -0.3 is 4.74 Å². The van der Waals surface area contributed by atoms with E-state index in [-0.39, 0.29) is 78.0 Å². The van der Waals surface area contributed by atoms with Crippen LogP contribution in [-0.4, -0.2) is 53.8 Å². The Hall–Kier alpha value is -1.96. The van der Waals surface area contributed by atoms with Crippen LogP contribution in [0.15, 0.2) is 0 Å². The lowest BCUT2D eigenvalue weighted by Gasteiger charge is -2.58. The molecule has 4 saturated carbocycles. The molecule has 2 unspecified atom stereocenters. The van der Waals surface area contributed by atoms with Crippen LogP contribution in [0.25, 0.3) is 0 Å². The molecule has 8 nitrogen and oxygen atoms in total. The summed E-state index contributed by atoms with van der Waals surface area (Å²) in [5.74, 6) is -2.73. The third-order valence-corrected chi connectivity index (χ3v) is 11.4. The van der Waals surface area contributed by atoms with Crippen molar-refractivity contribution >= 4 is 33.4 Å². The van der Waals surface area contributed by atoms with E-state index in [0.29, 0.717) is 32.1 Å². The first-order valence-corrected chi connectivity index (χ1v) is 14.9. The second-order valence-electron chi connectivity index (χ2n) is 12.4. The Kier molecular flexibility index (Phi) is 7.82. The molecule has 0 radical (unpaired) electrons. The summed E-state index contributed by atoms with van der Waals surface area (Å²) in [5, 5.41) is -5.80. The Morgan fingerprint density at radius 1 is 1.05 bits per heavy atom. The molecule has 0 bridgehead atoms. The number of esters is 1. The van der Waals surface area contributed by atoms with Crippen molar-refractivity contribution < 1.29 is 58.8 Å². The number of carbonyl (C=O) groups is 4. The van der Waals surface area contributed by atoms with Crippen LogP contribution in [0.2, 0.25) is 0 Å². The fourth-order valence-electron chi connectivity index (χ4n) is 8.17. The third-order valence-electron chi connectivity index (χ3n) is 10.5. The summed E-state index contributed by atoms with van der Waals surface area (Å²) in [4.78, 5) is 51.1. The summed E-state index contributed by atoms with van der Waals surface area (Å²) >= 11 is 0. The molecular formula is C26H33F5O8S. The Morgan fingerprint density at radius 2 is 1.70 bits per heavy atom. The van der Waals surface area contributed by atoms with Crippen molar-refractivity contribution in [2.45, 2.75) is 95.6 Å². The number of ether oxygens (including phenoxy) is 1. The van der Waals surface area contributed by atoms with Crippen molar-refractivity contribution in [1.29, 1.82) is 0 Å². The van der Waals surface area contributed by atoms with Gasteiger partial charge in [0.05, 0.1) is 0 Å². The first-order valence-electron chi connectivity index (χ1n) is 13.4. The molecule has 0 aromatic carbocycles. The highest BCUT2D eigenvalue weighted by Gasteiger charge is 2.67. The van der Waals surface area contributed by atoms with E-state index in [0.717, 1.165) is 0 Å². The molecule has 0 aromatic rings. The first kappa shape index (κ1) is 31.0. The molecule has 1 N–H and O–H groups in total. The van der Waals surface area contributed by atoms with Crippen molar-refractivity contribution in [3.8, 4) is 0 Å². The summed E-state index contributed by atoms with van der Waals surface area (Å²) in [7, 11) is -6.53. The monoisotopic (exact) mass is 600 g/mol. The van der Waals surface area contributed by atoms with Crippen LogP contribution in [0.1, 0.15) is 78.1 Å². The molecule has 4 aliphatic rings. The van der Waals surface area contributed by atoms with Gasteiger partial charge in [-0.2, -0.15) is 30.4 Å². The van der Waals surface area contributed by atoms with Crippen LogP contribution in [0.3, 0.4) is 0 Å². The summed E-state index contributed by atoms with van der Waals surface area (Å²) in [6.45, 7) is 3.85. The molecule has 0 aliphatic heterocycles. The number of hydrogen-bond donors (Lipinski definition) is 1. The fraction of sp³-hybridized carbons (Fsp3) is 0.846. The first-order chi connectivity index (χ1) is 18.2. The highest BCUT2D eigenvalue weighted by Crippen LogP contribution is 2.65. The summed E-state index contributed by atoms with van der Waals surface area (Å²) < 4.78 is 100. The molecular weight excluding hydrogens is 567 g/mol. The maximum Gasteiger partial charge on any atom is 0.432 e. The summed E-state index contributed by atoms with van der Waals surface area (Å²) in [6.07, 6.45) is -8.09. The van der Waals surface area contributed by atoms with Gasteiger partial charge in [-0.25, -0.2) is 0 Å². The smallest absolute Gasteiger partial charge is 0.432 e. The molecule has 4 rings (SSSR count). The van der Waals surface area contributed by atoms with Crippen molar-refractivity contribution in [1.82, 2.24) is 0 Å². The van der Waals surface area contributed by atoms with Gasteiger partial charge >= 0.3 is 27.5 Å². The number of carbonyl (C=O) groups excluding carboxylic acids is 4. The number of rotatable bonds is 7. The molecule has 226 valence electrons. The van der Waals surface area contributed by atoms with Gasteiger partial charge in [0.25, 0.3) is 6.10 Å². The Bertz CT molecular complexity index is 1200. The Labute approximate surface area is 228 Å². The zero-order chi connectivity index (χ0) is 30.1. The van der Waals surface area contributed by atoms with Gasteiger partial charge in [-0.1, -0.05) is 13.8 Å². The van der Waals surface area contributed by atoms with E-state index in [1.54, 1.807) is 6.92 Å². The zero-order valence-corrected chi connectivity index (χ0v) is 23.0. The van der Waals surface area contributed by atoms with Crippen LogP contribution in [0, 0.1) is 40.4 Å². The van der Waals surface area contributed by atoms with Gasteiger partial charge in [-0.15, -0.1) is 0 Å². The lowest BCUT2D eigenvalue weighted by Crippen LogP contribution is -2.59. The number of hydrogen-bond acceptors (Lipinski definition) is 7. The molecule has 0 aromatic heterocycles. The third kappa shape index (κ3) is 5.00. The van der Waals surface area contributed by atoms with Gasteiger partial charge in [0.15, 0.2) is 0 Å². The second kappa shape index (κ2) is 10.1. The minimum absolute atomic E-state index is 0.0275. The SMILES string of the molecule is C[C@]12CCC(=O)C[C@H]1CC(=O)C1[C@@H]2CC(=O)[C@]2(C)[C@@H](CCCC(=O)OC(C(F)(F)F)C(F)(F)S(=O)(=O)O)CC[C@@H]12. The number of Topliss-reactive ketones (excluding diaryl/α,β-unsaturated/α-hetero) is 3. The van der Waals surface area contributed by atoms with Crippen molar-refractivity contribution in [2.75, 3.05) is 0 Å². The minimum atomic E-state index is -6.53. The van der Waals surface area contributed by atoms with Crippen molar-refractivity contribution in [2.24, 2.45) is 40.4 Å². The van der Waals surface area contributed by atoms with E-state index in [4.69, 9.17) is 4.55 Å². The Balaban J connectivity index is 1.43. The molecule has 0 amide bonds. The van der Waals surface area contributed by atoms with Crippen LogP contribution in [0.5, 0.6) is 0 Å². The maximum absolute atomic E-state index is 13.7. The number of halogens is 5. The van der Waals surface area contributed by atoms with Crippen LogP contribution < -0.4 is 0 Å². The fourth-order valence-corrected chi connectivity index (χ4v) is 8.63. The maximum atomic E-state index is 13.7. The average molecular weight is 601 g/mol. The second-order valence-corrected chi connectivity index (χ2v) is 13.9. The standard InChI is InChI=1S/C26H33F5O8S/c1-23-9-8-15(32)10-14(23)11-18(33)21-16-7-6-13(24(16,2)19(34)12-17(21)23)4-3-5-20(35)39-22(25(27,28)29)26(30,31)40(36,37)38/h13-14,16-17,21-22H,3-12H2,1-2H3,(H,36,37,38)/t13-,14-,16-,17-,21?,22?,23-,24+/m0/s1. The minimum Gasteiger partial charge on any atom is -0.445 e. The van der Waals surface area contributed by atoms with E-state index in [2.05, 4.69) is 11.7 Å². The predicted octanol–water partition coefficient (Wildman–Crippen LogP) is 4.70. The topological polar surface area (TPSA) is 132 Å². The van der Waals surface area contributed by atoms with Gasteiger partial charge in [0.1, 0.15) is 17.3 Å². The van der Waals surface area contributed by atoms with Gasteiger partial charge in [-0.3, -0.25) is 23.7 Å². The van der Waals surface area contributed by atoms with Crippen LogP contribution in [-0.2, 0) is 34.0 Å². The lowest BCUT2D eigenvalue weighted by atomic mass is 9.44. The van der Waals surface area contributed by atoms with Crippen molar-refractivity contribution in [3.05, 3.63) is 0 Å². The molecule has 0 heterocycles. The zero-order valence-electron chi connectivity index (χ0n) is 22.1. The highest BCUT2D eigenvalue weighted by atomic mass is 32.2. The highest BCUT2D eigenvalue weighted by molar-refractivity contribution is 7.86. The largest absolute Gasteiger partial charge is 0.445 e. The molecule has 0 spiro atoms. The number of fused-ring (bicyclic) bond motifs is 5. The predicted molar refractivity (Wildman–Crippen MR) is 127 cm³/mol. The van der Waals surface area contributed by atoms with E-state index in [1.165, 1.54) is 0 Å². The number of ketones is 3. The van der Waals surface area contributed by atoms with Gasteiger partial charge in [0.2, 0.25) is 0 Å². The van der Waals surface area contributed by atoms with Crippen LogP contribution in [0.4, 0.5) is 22.0 Å². The summed E-state index contributed by atoms with van der Waals surface area (Å²) in [5.41, 5.74) is -1.20. The normalized spacial score (nSPS) is 37.4. The molecule has 14 heteroatoms.